The average Bonchev–Trinajstić information content (AvgIpc) is 2.39. The molecule has 5 nitrogen and oxygen atoms in total. The van der Waals surface area contributed by atoms with Crippen LogP contribution in [-0.4, -0.2) is 30.2 Å². The van der Waals surface area contributed by atoms with Gasteiger partial charge in [0.25, 0.3) is 0 Å². The molecule has 0 aromatic rings. The van der Waals surface area contributed by atoms with Crippen LogP contribution in [0.5, 0.6) is 0 Å². The molecule has 114 valence electrons. The molecule has 2 N–H and O–H groups in total. The van der Waals surface area contributed by atoms with E-state index in [1.165, 1.54) is 13.3 Å². The van der Waals surface area contributed by atoms with Gasteiger partial charge in [-0.1, -0.05) is 41.0 Å². The fourth-order valence-electron chi connectivity index (χ4n) is 0.698. The smallest absolute Gasteiger partial charge is 0.239 e. The molecular weight excluding hydrogens is 244 g/mol. The van der Waals surface area contributed by atoms with E-state index < -0.39 is 6.04 Å². The molecule has 19 heavy (non-hydrogen) atoms. The summed E-state index contributed by atoms with van der Waals surface area (Å²) in [6.07, 6.45) is 1.59. The van der Waals surface area contributed by atoms with Crippen molar-refractivity contribution in [3.63, 3.8) is 0 Å². The lowest BCUT2D eigenvalue weighted by atomic mass is 10.2. The predicted molar refractivity (Wildman–Crippen MR) is 78.9 cm³/mol. The molecule has 0 bridgehead atoms. The quantitative estimate of drug-likeness (QED) is 0.805. The Morgan fingerprint density at radius 2 is 1.42 bits per heavy atom. The van der Waals surface area contributed by atoms with Crippen molar-refractivity contribution in [1.29, 1.82) is 0 Å². The van der Waals surface area contributed by atoms with Crippen LogP contribution in [0.3, 0.4) is 0 Å². The van der Waals surface area contributed by atoms with E-state index in [1.807, 2.05) is 13.8 Å². The van der Waals surface area contributed by atoms with Crippen molar-refractivity contribution in [2.75, 3.05) is 6.54 Å². The van der Waals surface area contributed by atoms with Crippen LogP contribution >= 0.6 is 0 Å². The van der Waals surface area contributed by atoms with Crippen LogP contribution in [0.4, 0.5) is 0 Å². The van der Waals surface area contributed by atoms with Gasteiger partial charge in [-0.05, 0) is 13.8 Å². The third kappa shape index (κ3) is 19.1. The average molecular weight is 274 g/mol. The normalized spacial score (nSPS) is 9.84. The summed E-state index contributed by atoms with van der Waals surface area (Å²) in [5.74, 6) is -0.648. The third-order valence-electron chi connectivity index (χ3n) is 1.75. The first-order chi connectivity index (χ1) is 8.88. The molecule has 1 atom stereocenters. The van der Waals surface area contributed by atoms with Crippen molar-refractivity contribution >= 4 is 17.6 Å². The molecule has 0 saturated heterocycles. The number of hydrogen-bond donors (Lipinski definition) is 2. The number of carbonyl (C=O) groups excluding carboxylic acids is 3. The van der Waals surface area contributed by atoms with E-state index >= 15 is 0 Å². The lowest BCUT2D eigenvalue weighted by Gasteiger charge is -2.10. The van der Waals surface area contributed by atoms with Gasteiger partial charge in [0, 0.05) is 6.42 Å². The SMILES string of the molecule is CC.CCC.CCC(=O)NCC(=O)NC(C)C(C)=O. The van der Waals surface area contributed by atoms with Gasteiger partial charge in [0.15, 0.2) is 5.78 Å². The number of amides is 2. The van der Waals surface area contributed by atoms with E-state index in [4.69, 9.17) is 0 Å². The van der Waals surface area contributed by atoms with Crippen molar-refractivity contribution < 1.29 is 14.4 Å². The van der Waals surface area contributed by atoms with Gasteiger partial charge < -0.3 is 10.6 Å². The van der Waals surface area contributed by atoms with E-state index in [0.717, 1.165) is 0 Å². The van der Waals surface area contributed by atoms with Crippen molar-refractivity contribution in [2.24, 2.45) is 0 Å². The van der Waals surface area contributed by atoms with Crippen molar-refractivity contribution in [2.45, 2.75) is 67.3 Å². The molecule has 0 aliphatic heterocycles. The molecule has 2 amide bonds. The highest BCUT2D eigenvalue weighted by Gasteiger charge is 2.11. The molecule has 0 spiro atoms. The number of rotatable bonds is 5. The van der Waals surface area contributed by atoms with Gasteiger partial charge in [0.1, 0.15) is 0 Å². The summed E-state index contributed by atoms with van der Waals surface area (Å²) >= 11 is 0. The fraction of sp³-hybridized carbons (Fsp3) is 0.786. The number of ketones is 1. The molecule has 0 rings (SSSR count). The van der Waals surface area contributed by atoms with Gasteiger partial charge in [-0.3, -0.25) is 14.4 Å². The second-order valence-corrected chi connectivity index (χ2v) is 3.74. The Kier molecular flexibility index (Phi) is 19.9. The zero-order valence-corrected chi connectivity index (χ0v) is 13.4. The van der Waals surface area contributed by atoms with Gasteiger partial charge in [-0.2, -0.15) is 0 Å². The van der Waals surface area contributed by atoms with E-state index in [0.29, 0.717) is 6.42 Å². The maximum Gasteiger partial charge on any atom is 0.239 e. The van der Waals surface area contributed by atoms with E-state index in [9.17, 15) is 14.4 Å². The highest BCUT2D eigenvalue weighted by Crippen LogP contribution is 1.83. The lowest BCUT2D eigenvalue weighted by Crippen LogP contribution is -2.43. The first-order valence-corrected chi connectivity index (χ1v) is 6.95. The molecule has 0 radical (unpaired) electrons. The number of hydrogen-bond acceptors (Lipinski definition) is 3. The van der Waals surface area contributed by atoms with Gasteiger partial charge in [-0.25, -0.2) is 0 Å². The third-order valence-corrected chi connectivity index (χ3v) is 1.75. The second-order valence-electron chi connectivity index (χ2n) is 3.74. The summed E-state index contributed by atoms with van der Waals surface area (Å²) in [5, 5.41) is 4.87. The van der Waals surface area contributed by atoms with Gasteiger partial charge >= 0.3 is 0 Å². The minimum atomic E-state index is -0.499. The van der Waals surface area contributed by atoms with Gasteiger partial charge in [0.2, 0.25) is 11.8 Å². The molecule has 0 fully saturated rings. The molecule has 0 heterocycles. The maximum absolute atomic E-state index is 11.1. The van der Waals surface area contributed by atoms with Crippen LogP contribution in [0.15, 0.2) is 0 Å². The summed E-state index contributed by atoms with van der Waals surface area (Å²) < 4.78 is 0. The van der Waals surface area contributed by atoms with Crippen LogP contribution in [0, 0.1) is 0 Å². The Bertz CT molecular complexity index is 253. The Balaban J connectivity index is -0.000000445. The zero-order chi connectivity index (χ0) is 15.8. The summed E-state index contributed by atoms with van der Waals surface area (Å²) in [7, 11) is 0. The highest BCUT2D eigenvalue weighted by atomic mass is 16.2. The number of Topliss-reactive ketones (excluding diaryl/α,β-unsaturated/α-hetero) is 1. The molecule has 0 aromatic heterocycles. The van der Waals surface area contributed by atoms with E-state index in [2.05, 4.69) is 24.5 Å². The Morgan fingerprint density at radius 1 is 1.00 bits per heavy atom. The summed E-state index contributed by atoms with van der Waals surface area (Å²) in [4.78, 5) is 32.6. The molecule has 5 heteroatoms. The van der Waals surface area contributed by atoms with Crippen molar-refractivity contribution in [3.05, 3.63) is 0 Å². The number of carbonyl (C=O) groups is 3. The first kappa shape index (κ1) is 22.8. The second kappa shape index (κ2) is 16.6. The minimum absolute atomic E-state index is 0.0791. The van der Waals surface area contributed by atoms with Crippen LogP contribution in [0.1, 0.15) is 61.3 Å². The van der Waals surface area contributed by atoms with Gasteiger partial charge in [0.05, 0.1) is 12.6 Å². The van der Waals surface area contributed by atoms with Crippen LogP contribution in [0.25, 0.3) is 0 Å². The van der Waals surface area contributed by atoms with Crippen molar-refractivity contribution in [3.8, 4) is 0 Å². The monoisotopic (exact) mass is 274 g/mol. The van der Waals surface area contributed by atoms with E-state index in [-0.39, 0.29) is 24.1 Å². The molecule has 0 aromatic carbocycles. The summed E-state index contributed by atoms with van der Waals surface area (Å²) in [6.45, 7) is 12.9. The fourth-order valence-corrected chi connectivity index (χ4v) is 0.698. The molecule has 0 aliphatic carbocycles. The Morgan fingerprint density at radius 3 is 1.74 bits per heavy atom. The predicted octanol–water partition coefficient (Wildman–Crippen LogP) is 2.05. The molecular formula is C14H30N2O3. The van der Waals surface area contributed by atoms with E-state index in [1.54, 1.807) is 13.8 Å². The van der Waals surface area contributed by atoms with Crippen LogP contribution in [0.2, 0.25) is 0 Å². The lowest BCUT2D eigenvalue weighted by molar-refractivity contribution is -0.128. The first-order valence-electron chi connectivity index (χ1n) is 6.95. The largest absolute Gasteiger partial charge is 0.347 e. The minimum Gasteiger partial charge on any atom is -0.347 e. The highest BCUT2D eigenvalue weighted by molar-refractivity contribution is 5.89. The summed E-state index contributed by atoms with van der Waals surface area (Å²) in [5.41, 5.74) is 0. The Labute approximate surface area is 117 Å². The topological polar surface area (TPSA) is 75.3 Å². The molecule has 0 aliphatic rings. The molecule has 0 saturated carbocycles. The van der Waals surface area contributed by atoms with Gasteiger partial charge in [-0.15, -0.1) is 0 Å². The standard InChI is InChI=1S/C9H16N2O3.C3H8.C2H6/c1-4-8(13)10-5-9(14)11-6(2)7(3)12;1-3-2;1-2/h6H,4-5H2,1-3H3,(H,10,13)(H,11,14);3H2,1-2H3;1-2H3. The Hall–Kier alpha value is -1.39. The van der Waals surface area contributed by atoms with Crippen LogP contribution in [-0.2, 0) is 14.4 Å². The number of nitrogens with one attached hydrogen (secondary N) is 2. The molecule has 1 unspecified atom stereocenters. The zero-order valence-electron chi connectivity index (χ0n) is 13.4. The van der Waals surface area contributed by atoms with Crippen LogP contribution < -0.4 is 10.6 Å². The maximum atomic E-state index is 11.1. The van der Waals surface area contributed by atoms with Crippen molar-refractivity contribution in [1.82, 2.24) is 10.6 Å². The summed E-state index contributed by atoms with van der Waals surface area (Å²) in [6, 6.07) is -0.499.